The lowest BCUT2D eigenvalue weighted by Crippen LogP contribution is -1.96. The van der Waals surface area contributed by atoms with E-state index in [0.29, 0.717) is 0 Å². The normalized spacial score (nSPS) is 15.2. The van der Waals surface area contributed by atoms with Crippen LogP contribution in [0.25, 0.3) is 0 Å². The minimum absolute atomic E-state index is 0.866. The van der Waals surface area contributed by atoms with E-state index in [1.807, 2.05) is 0 Å². The van der Waals surface area contributed by atoms with Gasteiger partial charge in [-0.2, -0.15) is 0 Å². The molecule has 0 saturated heterocycles. The number of unbranched alkanes of at least 4 members (excludes halogenated alkanes) is 7. The van der Waals surface area contributed by atoms with E-state index >= 15 is 0 Å². The Hall–Kier alpha value is -0.790. The summed E-state index contributed by atoms with van der Waals surface area (Å²) in [5, 5.41) is 0. The van der Waals surface area contributed by atoms with Crippen molar-refractivity contribution in [2.24, 2.45) is 15.9 Å². The number of rotatable bonds is 13. The third kappa shape index (κ3) is 9.17. The van der Waals surface area contributed by atoms with Gasteiger partial charge in [0.2, 0.25) is 6.17 Å². The molecule has 1 atom stereocenters. The summed E-state index contributed by atoms with van der Waals surface area (Å²) >= 11 is 0. The molecule has 2 nitrogen and oxygen atoms in total. The van der Waals surface area contributed by atoms with Gasteiger partial charge >= 0.3 is 0 Å². The Labute approximate surface area is 126 Å². The molecular formula is C18H33N2+. The van der Waals surface area contributed by atoms with Crippen molar-refractivity contribution in [3.8, 4) is 0 Å². The zero-order chi connectivity index (χ0) is 14.5. The molecule has 114 valence electrons. The van der Waals surface area contributed by atoms with Gasteiger partial charge in [-0.3, -0.25) is 0 Å². The molecule has 0 radical (unpaired) electrons. The quantitative estimate of drug-likeness (QED) is 0.293. The van der Waals surface area contributed by atoms with Crippen LogP contribution in [-0.4, -0.2) is 12.4 Å². The second-order valence-corrected chi connectivity index (χ2v) is 6.23. The van der Waals surface area contributed by atoms with Gasteiger partial charge < -0.3 is 0 Å². The molecule has 1 rings (SSSR count). The van der Waals surface area contributed by atoms with Crippen molar-refractivity contribution >= 4 is 12.4 Å². The Morgan fingerprint density at radius 2 is 1.35 bits per heavy atom. The molecule has 0 amide bonds. The Morgan fingerprint density at radius 1 is 0.800 bits per heavy atom. The molecular weight excluding hydrogens is 244 g/mol. The minimum Gasteiger partial charge on any atom is -0.0968 e. The predicted octanol–water partition coefficient (Wildman–Crippen LogP) is 5.97. The van der Waals surface area contributed by atoms with Gasteiger partial charge in [-0.25, -0.2) is 0 Å². The maximum atomic E-state index is 4.22. The zero-order valence-corrected chi connectivity index (χ0v) is 13.6. The lowest BCUT2D eigenvalue weighted by Gasteiger charge is -2.10. The Morgan fingerprint density at radius 3 is 2.00 bits per heavy atom. The monoisotopic (exact) mass is 277 g/mol. The lowest BCUT2D eigenvalue weighted by atomic mass is 9.96. The number of hydrogen-bond acceptors (Lipinski definition) is 2. The largest absolute Gasteiger partial charge is 0.240 e. The summed E-state index contributed by atoms with van der Waals surface area (Å²) in [6, 6.07) is 0. The molecule has 1 aliphatic heterocycles. The summed E-state index contributed by atoms with van der Waals surface area (Å²) in [6.07, 6.45) is 21.0. The van der Waals surface area contributed by atoms with E-state index in [0.717, 1.165) is 18.5 Å². The van der Waals surface area contributed by atoms with Crippen LogP contribution in [0.3, 0.4) is 0 Å². The van der Waals surface area contributed by atoms with Crippen LogP contribution in [0.2, 0.25) is 0 Å². The molecule has 2 heteroatoms. The Kier molecular flexibility index (Phi) is 10.3. The number of aliphatic imine (C=N–C) groups is 2. The Balaban J connectivity index is 1.81. The summed E-state index contributed by atoms with van der Waals surface area (Å²) in [6.45, 7) is 4.68. The molecule has 0 N–H and O–H groups in total. The topological polar surface area (TPSA) is 24.7 Å². The average molecular weight is 277 g/mol. The molecule has 20 heavy (non-hydrogen) atoms. The maximum Gasteiger partial charge on any atom is 0.240 e. The molecule has 0 saturated carbocycles. The van der Waals surface area contributed by atoms with E-state index in [9.17, 15) is 0 Å². The van der Waals surface area contributed by atoms with Gasteiger partial charge in [0.05, 0.1) is 6.42 Å². The van der Waals surface area contributed by atoms with Crippen molar-refractivity contribution in [2.75, 3.05) is 0 Å². The fourth-order valence-corrected chi connectivity index (χ4v) is 2.78. The standard InChI is InChI=1S/C18H33N2/c1-3-4-5-6-7-8-9-10-12-17(2)13-11-14-18-19-15-16-20-18/h15-17H,3-14H2,1-2H3/q+1. The van der Waals surface area contributed by atoms with Gasteiger partial charge in [-0.05, 0) is 18.8 Å². The highest BCUT2D eigenvalue weighted by Gasteiger charge is 2.15. The van der Waals surface area contributed by atoms with Crippen molar-refractivity contribution in [1.82, 2.24) is 0 Å². The van der Waals surface area contributed by atoms with E-state index < -0.39 is 0 Å². The molecule has 1 heterocycles. The van der Waals surface area contributed by atoms with Crippen LogP contribution in [0.4, 0.5) is 0 Å². The van der Waals surface area contributed by atoms with Gasteiger partial charge in [-0.15, -0.1) is 0 Å². The first-order valence-corrected chi connectivity index (χ1v) is 8.75. The second-order valence-electron chi connectivity index (χ2n) is 6.23. The molecule has 1 aliphatic rings. The van der Waals surface area contributed by atoms with E-state index in [1.165, 1.54) is 70.6 Å². The van der Waals surface area contributed by atoms with Gasteiger partial charge in [0.25, 0.3) is 0 Å². The second kappa shape index (κ2) is 12.0. The van der Waals surface area contributed by atoms with Crippen molar-refractivity contribution in [1.29, 1.82) is 0 Å². The van der Waals surface area contributed by atoms with Crippen molar-refractivity contribution in [2.45, 2.75) is 90.9 Å². The van der Waals surface area contributed by atoms with E-state index in [1.54, 1.807) is 12.4 Å². The Bertz CT molecular complexity index is 259. The highest BCUT2D eigenvalue weighted by molar-refractivity contribution is 6.18. The summed E-state index contributed by atoms with van der Waals surface area (Å²) in [5.74, 6) is 0.866. The first-order valence-electron chi connectivity index (χ1n) is 8.75. The van der Waals surface area contributed by atoms with Gasteiger partial charge in [0.15, 0.2) is 12.4 Å². The maximum absolute atomic E-state index is 4.22. The third-order valence-corrected chi connectivity index (χ3v) is 4.16. The van der Waals surface area contributed by atoms with Crippen LogP contribution in [-0.2, 0) is 0 Å². The van der Waals surface area contributed by atoms with Gasteiger partial charge in [0.1, 0.15) is 0 Å². The highest BCUT2D eigenvalue weighted by atomic mass is 15.0. The summed E-state index contributed by atoms with van der Waals surface area (Å²) in [7, 11) is 0. The fourth-order valence-electron chi connectivity index (χ4n) is 2.78. The van der Waals surface area contributed by atoms with Crippen molar-refractivity contribution in [3.63, 3.8) is 0 Å². The van der Waals surface area contributed by atoms with Gasteiger partial charge in [0, 0.05) is 0 Å². The van der Waals surface area contributed by atoms with Crippen LogP contribution in [0, 0.1) is 12.1 Å². The zero-order valence-electron chi connectivity index (χ0n) is 13.6. The molecule has 0 aliphatic carbocycles. The SMILES string of the molecule is CCCCCCCCCCC(C)CCC[C+]1N=CC=N1. The highest BCUT2D eigenvalue weighted by Crippen LogP contribution is 2.21. The van der Waals surface area contributed by atoms with Crippen LogP contribution in [0.5, 0.6) is 0 Å². The molecule has 0 bridgehead atoms. The van der Waals surface area contributed by atoms with E-state index in [-0.39, 0.29) is 0 Å². The molecule has 0 aromatic heterocycles. The average Bonchev–Trinajstić information content (AvgIpc) is 2.95. The first-order chi connectivity index (χ1) is 9.83. The van der Waals surface area contributed by atoms with Crippen molar-refractivity contribution in [3.05, 3.63) is 6.17 Å². The van der Waals surface area contributed by atoms with Crippen LogP contribution >= 0.6 is 0 Å². The summed E-state index contributed by atoms with van der Waals surface area (Å²) in [5.41, 5.74) is 0. The van der Waals surface area contributed by atoms with Crippen molar-refractivity contribution < 1.29 is 0 Å². The molecule has 0 aromatic rings. The summed E-state index contributed by atoms with van der Waals surface area (Å²) < 4.78 is 0. The first kappa shape index (κ1) is 17.3. The number of nitrogens with zero attached hydrogens (tertiary/aromatic N) is 2. The lowest BCUT2D eigenvalue weighted by molar-refractivity contribution is 0.438. The van der Waals surface area contributed by atoms with Crippen LogP contribution in [0.15, 0.2) is 9.98 Å². The molecule has 0 spiro atoms. The van der Waals surface area contributed by atoms with E-state index in [2.05, 4.69) is 23.8 Å². The molecule has 1 unspecified atom stereocenters. The smallest absolute Gasteiger partial charge is 0.0968 e. The van der Waals surface area contributed by atoms with Gasteiger partial charge in [-0.1, -0.05) is 81.6 Å². The number of hydrogen-bond donors (Lipinski definition) is 0. The van der Waals surface area contributed by atoms with E-state index in [4.69, 9.17) is 0 Å². The third-order valence-electron chi connectivity index (χ3n) is 4.16. The molecule has 0 fully saturated rings. The van der Waals surface area contributed by atoms with Crippen LogP contribution < -0.4 is 0 Å². The fraction of sp³-hybridized carbons (Fsp3) is 0.833. The minimum atomic E-state index is 0.866. The summed E-state index contributed by atoms with van der Waals surface area (Å²) in [4.78, 5) is 8.44. The van der Waals surface area contributed by atoms with Crippen LogP contribution in [0.1, 0.15) is 90.9 Å². The predicted molar refractivity (Wildman–Crippen MR) is 90.5 cm³/mol. The molecule has 0 aromatic carbocycles.